The summed E-state index contributed by atoms with van der Waals surface area (Å²) in [5.41, 5.74) is 0. The third kappa shape index (κ3) is 4.67. The molecule has 1 N–H and O–H groups in total. The molecule has 0 bridgehead atoms. The van der Waals surface area contributed by atoms with Crippen molar-refractivity contribution in [3.63, 3.8) is 0 Å². The third-order valence-corrected chi connectivity index (χ3v) is 3.52. The predicted octanol–water partition coefficient (Wildman–Crippen LogP) is 1.59. The van der Waals surface area contributed by atoms with Gasteiger partial charge in [-0.2, -0.15) is 0 Å². The van der Waals surface area contributed by atoms with Gasteiger partial charge in [-0.25, -0.2) is 0 Å². The molecule has 0 saturated heterocycles. The molecule has 5 heteroatoms. The first-order chi connectivity index (χ1) is 9.10. The zero-order chi connectivity index (χ0) is 14.3. The van der Waals surface area contributed by atoms with Gasteiger partial charge in [-0.3, -0.25) is 4.79 Å². The predicted molar refractivity (Wildman–Crippen MR) is 76.3 cm³/mol. The molecule has 0 aliphatic carbocycles. The van der Waals surface area contributed by atoms with Crippen molar-refractivity contribution in [1.82, 2.24) is 4.90 Å². The van der Waals surface area contributed by atoms with E-state index in [2.05, 4.69) is 11.8 Å². The molecule has 0 aliphatic heterocycles. The molecule has 0 atom stereocenters. The quantitative estimate of drug-likeness (QED) is 0.834. The van der Waals surface area contributed by atoms with Crippen LogP contribution in [-0.2, 0) is 4.74 Å². The molecule has 4 nitrogen and oxygen atoms in total. The first kappa shape index (κ1) is 15.7. The minimum absolute atomic E-state index is 0.00546. The van der Waals surface area contributed by atoms with Crippen molar-refractivity contribution in [1.29, 1.82) is 0 Å². The summed E-state index contributed by atoms with van der Waals surface area (Å²) in [6, 6.07) is 3.70. The molecule has 0 aliphatic rings. The van der Waals surface area contributed by atoms with Crippen LogP contribution in [0, 0.1) is 11.8 Å². The molecule has 1 heterocycles. The smallest absolute Gasteiger partial charge is 0.264 e. The van der Waals surface area contributed by atoms with Crippen molar-refractivity contribution in [2.75, 3.05) is 26.9 Å². The van der Waals surface area contributed by atoms with Gasteiger partial charge in [0.05, 0.1) is 16.4 Å². The average Bonchev–Trinajstić information content (AvgIpc) is 2.85. The molecule has 0 spiro atoms. The number of rotatable bonds is 5. The maximum Gasteiger partial charge on any atom is 0.264 e. The van der Waals surface area contributed by atoms with Crippen molar-refractivity contribution in [2.24, 2.45) is 0 Å². The summed E-state index contributed by atoms with van der Waals surface area (Å²) in [5, 5.41) is 8.64. The van der Waals surface area contributed by atoms with Gasteiger partial charge in [0.1, 0.15) is 6.61 Å². The molecule has 0 saturated carbocycles. The van der Waals surface area contributed by atoms with Crippen molar-refractivity contribution in [3.05, 3.63) is 21.9 Å². The first-order valence-electron chi connectivity index (χ1n) is 6.09. The summed E-state index contributed by atoms with van der Waals surface area (Å²) in [6.07, 6.45) is 0. The second-order valence-corrected chi connectivity index (χ2v) is 5.29. The molecule has 0 aromatic carbocycles. The fraction of sp³-hybridized carbons (Fsp3) is 0.500. The van der Waals surface area contributed by atoms with Gasteiger partial charge in [0.2, 0.25) is 0 Å². The van der Waals surface area contributed by atoms with Crippen LogP contribution >= 0.6 is 11.3 Å². The van der Waals surface area contributed by atoms with E-state index >= 15 is 0 Å². The lowest BCUT2D eigenvalue weighted by Crippen LogP contribution is -2.38. The Morgan fingerprint density at radius 3 is 2.84 bits per heavy atom. The highest BCUT2D eigenvalue weighted by Gasteiger charge is 2.19. The Hall–Kier alpha value is -1.35. The van der Waals surface area contributed by atoms with E-state index in [4.69, 9.17) is 9.84 Å². The molecular formula is C14H19NO3S. The zero-order valence-corrected chi connectivity index (χ0v) is 12.3. The summed E-state index contributed by atoms with van der Waals surface area (Å²) >= 11 is 1.34. The lowest BCUT2D eigenvalue weighted by atomic mass is 10.3. The molecule has 1 amide bonds. The number of methoxy groups -OCH3 is 1. The summed E-state index contributed by atoms with van der Waals surface area (Å²) in [6.45, 7) is 4.88. The molecule has 1 aromatic rings. The van der Waals surface area contributed by atoms with E-state index in [-0.39, 0.29) is 18.6 Å². The van der Waals surface area contributed by atoms with Crippen LogP contribution in [0.5, 0.6) is 0 Å². The van der Waals surface area contributed by atoms with Crippen LogP contribution < -0.4 is 0 Å². The maximum absolute atomic E-state index is 12.4. The summed E-state index contributed by atoms with van der Waals surface area (Å²) < 4.78 is 5.03. The van der Waals surface area contributed by atoms with Gasteiger partial charge in [0.15, 0.2) is 0 Å². The number of thiophene rings is 1. The van der Waals surface area contributed by atoms with Crippen LogP contribution in [0.1, 0.15) is 28.4 Å². The fourth-order valence-corrected chi connectivity index (χ4v) is 2.41. The normalized spacial score (nSPS) is 10.2. The van der Waals surface area contributed by atoms with E-state index in [1.807, 2.05) is 13.8 Å². The number of aliphatic hydroxyl groups excluding tert-OH is 1. The van der Waals surface area contributed by atoms with E-state index in [9.17, 15) is 4.79 Å². The Morgan fingerprint density at radius 2 is 2.26 bits per heavy atom. The maximum atomic E-state index is 12.4. The number of carbonyl (C=O) groups is 1. The van der Waals surface area contributed by atoms with E-state index in [1.165, 1.54) is 11.3 Å². The molecule has 0 unspecified atom stereocenters. The number of nitrogens with zero attached hydrogens (tertiary/aromatic N) is 1. The lowest BCUT2D eigenvalue weighted by molar-refractivity contribution is 0.0640. The monoisotopic (exact) mass is 281 g/mol. The third-order valence-electron chi connectivity index (χ3n) is 2.53. The second kappa shape index (κ2) is 7.95. The minimum Gasteiger partial charge on any atom is -0.384 e. The number of aliphatic hydroxyl groups is 1. The first-order valence-corrected chi connectivity index (χ1v) is 6.91. The molecule has 19 heavy (non-hydrogen) atoms. The Balaban J connectivity index is 2.81. The van der Waals surface area contributed by atoms with Crippen molar-refractivity contribution in [3.8, 4) is 11.8 Å². The fourth-order valence-electron chi connectivity index (χ4n) is 1.57. The van der Waals surface area contributed by atoms with Gasteiger partial charge >= 0.3 is 0 Å². The molecule has 1 rings (SSSR count). The van der Waals surface area contributed by atoms with Crippen molar-refractivity contribution in [2.45, 2.75) is 19.9 Å². The highest BCUT2D eigenvalue weighted by molar-refractivity contribution is 7.14. The minimum atomic E-state index is -0.173. The second-order valence-electron chi connectivity index (χ2n) is 4.21. The van der Waals surface area contributed by atoms with E-state index in [1.54, 1.807) is 24.1 Å². The van der Waals surface area contributed by atoms with E-state index in [0.717, 1.165) is 4.88 Å². The zero-order valence-electron chi connectivity index (χ0n) is 11.5. The van der Waals surface area contributed by atoms with Gasteiger partial charge < -0.3 is 14.7 Å². The van der Waals surface area contributed by atoms with Crippen molar-refractivity contribution < 1.29 is 14.6 Å². The highest BCUT2D eigenvalue weighted by Crippen LogP contribution is 2.18. The van der Waals surface area contributed by atoms with Crippen molar-refractivity contribution >= 4 is 17.2 Å². The molecular weight excluding hydrogens is 262 g/mol. The Labute approximate surface area is 118 Å². The Kier molecular flexibility index (Phi) is 6.57. The highest BCUT2D eigenvalue weighted by atomic mass is 32.1. The largest absolute Gasteiger partial charge is 0.384 e. The standard InChI is InChI=1S/C14H19NO3S/c1-11(2)15(8-10-18-3)14(17)13-7-6-12(19-13)5-4-9-16/h6-7,11,16H,8-10H2,1-3H3. The summed E-state index contributed by atoms with van der Waals surface area (Å²) in [4.78, 5) is 15.6. The summed E-state index contributed by atoms with van der Waals surface area (Å²) in [5.74, 6) is 5.37. The van der Waals surface area contributed by atoms with E-state index < -0.39 is 0 Å². The molecule has 0 radical (unpaired) electrons. The number of hydrogen-bond donors (Lipinski definition) is 1. The Morgan fingerprint density at radius 1 is 1.53 bits per heavy atom. The SMILES string of the molecule is COCCN(C(=O)c1ccc(C#CCO)s1)C(C)C. The van der Waals surface area contributed by atoms with Gasteiger partial charge in [0, 0.05) is 19.7 Å². The van der Waals surface area contributed by atoms with Crippen LogP contribution in [0.3, 0.4) is 0 Å². The number of carbonyl (C=O) groups excluding carboxylic acids is 1. The number of hydrogen-bond acceptors (Lipinski definition) is 4. The van der Waals surface area contributed by atoms with Gasteiger partial charge in [-0.15, -0.1) is 11.3 Å². The van der Waals surface area contributed by atoms with Crippen LogP contribution in [0.4, 0.5) is 0 Å². The number of ether oxygens (including phenoxy) is 1. The summed E-state index contributed by atoms with van der Waals surface area (Å²) in [7, 11) is 1.62. The topological polar surface area (TPSA) is 49.8 Å². The molecule has 0 fully saturated rings. The van der Waals surface area contributed by atoms with Crippen LogP contribution in [0.25, 0.3) is 0 Å². The van der Waals surface area contributed by atoms with Crippen LogP contribution in [0.15, 0.2) is 12.1 Å². The molecule has 104 valence electrons. The van der Waals surface area contributed by atoms with Gasteiger partial charge in [0.25, 0.3) is 5.91 Å². The van der Waals surface area contributed by atoms with Gasteiger partial charge in [-0.05, 0) is 26.0 Å². The number of amides is 1. The average molecular weight is 281 g/mol. The Bertz CT molecular complexity index is 471. The lowest BCUT2D eigenvalue weighted by Gasteiger charge is -2.25. The van der Waals surface area contributed by atoms with Crippen LogP contribution in [0.2, 0.25) is 0 Å². The van der Waals surface area contributed by atoms with E-state index in [0.29, 0.717) is 18.0 Å². The van der Waals surface area contributed by atoms with Gasteiger partial charge in [-0.1, -0.05) is 11.8 Å². The molecule has 1 aromatic heterocycles. The van der Waals surface area contributed by atoms with Crippen LogP contribution in [-0.4, -0.2) is 48.8 Å².